The van der Waals surface area contributed by atoms with E-state index in [0.717, 1.165) is 13.8 Å². The van der Waals surface area contributed by atoms with Crippen LogP contribution in [0.5, 0.6) is 0 Å². The van der Waals surface area contributed by atoms with Gasteiger partial charge in [0.2, 0.25) is 0 Å². The second-order valence-corrected chi connectivity index (χ2v) is 7.08. The molecular formula is C14H13Br2FN2S. The van der Waals surface area contributed by atoms with E-state index in [1.54, 1.807) is 23.9 Å². The molecule has 0 aliphatic heterocycles. The molecule has 0 fully saturated rings. The van der Waals surface area contributed by atoms with E-state index in [0.29, 0.717) is 11.3 Å². The average molecular weight is 420 g/mol. The summed E-state index contributed by atoms with van der Waals surface area (Å²) in [5, 5.41) is 0. The fourth-order valence-corrected chi connectivity index (χ4v) is 3.70. The second kappa shape index (κ2) is 7.56. The third-order valence-electron chi connectivity index (χ3n) is 2.75. The van der Waals surface area contributed by atoms with Gasteiger partial charge in [0.05, 0.1) is 6.04 Å². The van der Waals surface area contributed by atoms with Crippen molar-refractivity contribution in [3.05, 3.63) is 62.8 Å². The lowest BCUT2D eigenvalue weighted by Gasteiger charge is -2.17. The smallest absolute Gasteiger partial charge is 0.128 e. The Bertz CT molecular complexity index is 595. The molecule has 0 aliphatic rings. The van der Waals surface area contributed by atoms with Gasteiger partial charge in [0.1, 0.15) is 5.82 Å². The van der Waals surface area contributed by atoms with Crippen molar-refractivity contribution >= 4 is 43.6 Å². The van der Waals surface area contributed by atoms with Gasteiger partial charge in [-0.2, -0.15) is 0 Å². The topological polar surface area (TPSA) is 38.0 Å². The lowest BCUT2D eigenvalue weighted by Crippen LogP contribution is -2.30. The Morgan fingerprint density at radius 3 is 2.60 bits per heavy atom. The van der Waals surface area contributed by atoms with Crippen molar-refractivity contribution in [2.24, 2.45) is 5.84 Å². The molecular weight excluding hydrogens is 407 g/mol. The molecule has 2 rings (SSSR count). The number of nitrogens with one attached hydrogen (secondary N) is 1. The van der Waals surface area contributed by atoms with E-state index in [1.165, 1.54) is 6.07 Å². The first-order valence-corrected chi connectivity index (χ1v) is 8.47. The molecule has 0 aromatic heterocycles. The van der Waals surface area contributed by atoms with Crippen LogP contribution in [0.25, 0.3) is 0 Å². The summed E-state index contributed by atoms with van der Waals surface area (Å²) >= 11 is 8.41. The van der Waals surface area contributed by atoms with E-state index in [4.69, 9.17) is 5.84 Å². The van der Waals surface area contributed by atoms with Gasteiger partial charge in [0, 0.05) is 25.2 Å². The molecule has 0 radical (unpaired) electrons. The van der Waals surface area contributed by atoms with Crippen molar-refractivity contribution in [1.82, 2.24) is 5.43 Å². The predicted octanol–water partition coefficient (Wildman–Crippen LogP) is 4.65. The summed E-state index contributed by atoms with van der Waals surface area (Å²) in [5.41, 5.74) is 3.24. The molecule has 20 heavy (non-hydrogen) atoms. The van der Waals surface area contributed by atoms with Crippen molar-refractivity contribution in [1.29, 1.82) is 0 Å². The van der Waals surface area contributed by atoms with Crippen LogP contribution in [0.3, 0.4) is 0 Å². The first-order valence-electron chi connectivity index (χ1n) is 5.89. The number of hydrogen-bond acceptors (Lipinski definition) is 3. The molecule has 0 saturated heterocycles. The van der Waals surface area contributed by atoms with Gasteiger partial charge >= 0.3 is 0 Å². The van der Waals surface area contributed by atoms with Crippen molar-refractivity contribution < 1.29 is 4.39 Å². The number of halogens is 3. The van der Waals surface area contributed by atoms with E-state index in [9.17, 15) is 4.39 Å². The SMILES string of the molecule is NNC(CSc1cccc(Br)c1)c1cc(Br)ccc1F. The molecule has 2 aromatic rings. The highest BCUT2D eigenvalue weighted by molar-refractivity contribution is 9.10. The van der Waals surface area contributed by atoms with Gasteiger partial charge in [0.15, 0.2) is 0 Å². The van der Waals surface area contributed by atoms with E-state index < -0.39 is 0 Å². The molecule has 1 unspecified atom stereocenters. The van der Waals surface area contributed by atoms with Crippen LogP contribution < -0.4 is 11.3 Å². The van der Waals surface area contributed by atoms with Crippen LogP contribution in [0, 0.1) is 5.82 Å². The van der Waals surface area contributed by atoms with Crippen LogP contribution >= 0.6 is 43.6 Å². The summed E-state index contributed by atoms with van der Waals surface area (Å²) in [6, 6.07) is 12.6. The van der Waals surface area contributed by atoms with Gasteiger partial charge < -0.3 is 0 Å². The Morgan fingerprint density at radius 1 is 1.15 bits per heavy atom. The molecule has 0 spiro atoms. The molecule has 2 nitrogen and oxygen atoms in total. The van der Waals surface area contributed by atoms with Crippen LogP contribution in [0.4, 0.5) is 4.39 Å². The van der Waals surface area contributed by atoms with Crippen molar-refractivity contribution in [3.8, 4) is 0 Å². The quantitative estimate of drug-likeness (QED) is 0.421. The van der Waals surface area contributed by atoms with Gasteiger partial charge in [-0.15, -0.1) is 11.8 Å². The highest BCUT2D eigenvalue weighted by atomic mass is 79.9. The maximum atomic E-state index is 13.9. The van der Waals surface area contributed by atoms with Crippen LogP contribution in [0.1, 0.15) is 11.6 Å². The number of thioether (sulfide) groups is 1. The van der Waals surface area contributed by atoms with Crippen LogP contribution in [-0.4, -0.2) is 5.75 Å². The summed E-state index contributed by atoms with van der Waals surface area (Å²) < 4.78 is 15.7. The third-order valence-corrected chi connectivity index (χ3v) is 4.82. The van der Waals surface area contributed by atoms with Crippen LogP contribution in [-0.2, 0) is 0 Å². The molecule has 0 bridgehead atoms. The zero-order valence-electron chi connectivity index (χ0n) is 10.4. The van der Waals surface area contributed by atoms with Gasteiger partial charge in [-0.3, -0.25) is 11.3 Å². The minimum Gasteiger partial charge on any atom is -0.271 e. The zero-order chi connectivity index (χ0) is 14.5. The summed E-state index contributed by atoms with van der Waals surface area (Å²) in [6.45, 7) is 0. The Morgan fingerprint density at radius 2 is 1.90 bits per heavy atom. The van der Waals surface area contributed by atoms with Crippen molar-refractivity contribution in [2.45, 2.75) is 10.9 Å². The minimum absolute atomic E-state index is 0.253. The monoisotopic (exact) mass is 418 g/mol. The highest BCUT2D eigenvalue weighted by Gasteiger charge is 2.15. The summed E-state index contributed by atoms with van der Waals surface area (Å²) in [4.78, 5) is 1.11. The number of hydrazine groups is 1. The van der Waals surface area contributed by atoms with Crippen LogP contribution in [0.15, 0.2) is 56.3 Å². The molecule has 6 heteroatoms. The average Bonchev–Trinajstić information content (AvgIpc) is 2.43. The lowest BCUT2D eigenvalue weighted by molar-refractivity contribution is 0.546. The number of rotatable bonds is 5. The largest absolute Gasteiger partial charge is 0.271 e. The minimum atomic E-state index is -0.258. The van der Waals surface area contributed by atoms with E-state index in [1.807, 2.05) is 24.3 Å². The number of benzene rings is 2. The molecule has 106 valence electrons. The molecule has 0 saturated carbocycles. The molecule has 1 atom stereocenters. The zero-order valence-corrected chi connectivity index (χ0v) is 14.4. The Labute approximate surface area is 138 Å². The fourth-order valence-electron chi connectivity index (χ4n) is 1.75. The third kappa shape index (κ3) is 4.30. The van der Waals surface area contributed by atoms with Crippen LogP contribution in [0.2, 0.25) is 0 Å². The van der Waals surface area contributed by atoms with Gasteiger partial charge in [-0.25, -0.2) is 4.39 Å². The molecule has 2 aromatic carbocycles. The number of nitrogens with two attached hydrogens (primary N) is 1. The highest BCUT2D eigenvalue weighted by Crippen LogP contribution is 2.28. The van der Waals surface area contributed by atoms with Crippen molar-refractivity contribution in [3.63, 3.8) is 0 Å². The van der Waals surface area contributed by atoms with E-state index in [2.05, 4.69) is 37.3 Å². The molecule has 0 aliphatic carbocycles. The van der Waals surface area contributed by atoms with Crippen molar-refractivity contribution in [2.75, 3.05) is 5.75 Å². The first kappa shape index (κ1) is 16.0. The fraction of sp³-hybridized carbons (Fsp3) is 0.143. The molecule has 0 heterocycles. The Hall–Kier alpha value is -0.400. The van der Waals surface area contributed by atoms with Gasteiger partial charge in [-0.05, 0) is 36.4 Å². The summed E-state index contributed by atoms with van der Waals surface area (Å²) in [5.74, 6) is 5.94. The molecule has 0 amide bonds. The van der Waals surface area contributed by atoms with E-state index in [-0.39, 0.29) is 11.9 Å². The normalized spacial score (nSPS) is 12.4. The summed E-state index contributed by atoms with van der Waals surface area (Å²) in [6.07, 6.45) is 0. The lowest BCUT2D eigenvalue weighted by atomic mass is 10.1. The second-order valence-electron chi connectivity index (χ2n) is 4.15. The maximum absolute atomic E-state index is 13.9. The standard InChI is InChI=1S/C14H13Br2FN2S/c15-9-2-1-3-11(6-9)20-8-14(19-18)12-7-10(16)4-5-13(12)17/h1-7,14,19H,8,18H2. The number of hydrogen-bond donors (Lipinski definition) is 2. The first-order chi connectivity index (χ1) is 9.60. The van der Waals surface area contributed by atoms with Gasteiger partial charge in [-0.1, -0.05) is 37.9 Å². The van der Waals surface area contributed by atoms with E-state index >= 15 is 0 Å². The predicted molar refractivity (Wildman–Crippen MR) is 89.0 cm³/mol. The Kier molecular flexibility index (Phi) is 6.04. The summed E-state index contributed by atoms with van der Waals surface area (Å²) in [7, 11) is 0. The van der Waals surface area contributed by atoms with Gasteiger partial charge in [0.25, 0.3) is 0 Å². The maximum Gasteiger partial charge on any atom is 0.128 e. The molecule has 3 N–H and O–H groups in total. The Balaban J connectivity index is 2.11.